The summed E-state index contributed by atoms with van der Waals surface area (Å²) in [5.74, 6) is -0.0275. The van der Waals surface area contributed by atoms with Crippen LogP contribution in [0.3, 0.4) is 0 Å². The van der Waals surface area contributed by atoms with Crippen molar-refractivity contribution in [3.63, 3.8) is 0 Å². The quantitative estimate of drug-likeness (QED) is 0.680. The fourth-order valence-corrected chi connectivity index (χ4v) is 3.88. The molecule has 1 aromatic carbocycles. The Hall–Kier alpha value is -3.06. The van der Waals surface area contributed by atoms with Crippen LogP contribution in [-0.4, -0.2) is 32.6 Å². The molecule has 1 atom stereocenters. The van der Waals surface area contributed by atoms with Gasteiger partial charge in [0.15, 0.2) is 5.82 Å². The molecule has 2 aliphatic heterocycles. The van der Waals surface area contributed by atoms with Crippen LogP contribution in [0.15, 0.2) is 47.8 Å². The van der Waals surface area contributed by atoms with Crippen LogP contribution in [0.4, 0.5) is 5.82 Å². The molecule has 4 heterocycles. The van der Waals surface area contributed by atoms with Gasteiger partial charge in [-0.05, 0) is 19.1 Å². The predicted octanol–water partition coefficient (Wildman–Crippen LogP) is 2.93. The van der Waals surface area contributed by atoms with Gasteiger partial charge >= 0.3 is 5.97 Å². The summed E-state index contributed by atoms with van der Waals surface area (Å²) in [7, 11) is 0. The van der Waals surface area contributed by atoms with E-state index in [4.69, 9.17) is 16.3 Å². The van der Waals surface area contributed by atoms with Gasteiger partial charge in [-0.15, -0.1) is 0 Å². The second-order valence-corrected chi connectivity index (χ2v) is 6.63. The van der Waals surface area contributed by atoms with Crippen LogP contribution in [0, 0.1) is 6.92 Å². The van der Waals surface area contributed by atoms with Gasteiger partial charge in [-0.1, -0.05) is 29.8 Å². The van der Waals surface area contributed by atoms with Crippen molar-refractivity contribution in [1.82, 2.24) is 20.0 Å². The van der Waals surface area contributed by atoms with Gasteiger partial charge in [0.2, 0.25) is 0 Å². The first kappa shape index (κ1) is 15.2. The molecule has 0 fully saturated rings. The van der Waals surface area contributed by atoms with Crippen LogP contribution in [0.25, 0.3) is 5.69 Å². The lowest BCUT2D eigenvalue weighted by Gasteiger charge is -2.23. The maximum Gasteiger partial charge on any atom is 0.337 e. The minimum Gasteiger partial charge on any atom is -0.456 e. The molecule has 0 spiro atoms. The second-order valence-electron chi connectivity index (χ2n) is 6.28. The Morgan fingerprint density at radius 2 is 2.12 bits per heavy atom. The molecule has 8 heteroatoms. The van der Waals surface area contributed by atoms with Crippen molar-refractivity contribution in [2.24, 2.45) is 0 Å². The Labute approximate surface area is 153 Å². The molecule has 5 rings (SSSR count). The minimum atomic E-state index is -0.375. The van der Waals surface area contributed by atoms with E-state index < -0.39 is 0 Å². The van der Waals surface area contributed by atoms with E-state index in [0.29, 0.717) is 16.5 Å². The lowest BCUT2D eigenvalue weighted by molar-refractivity contribution is -0.136. The van der Waals surface area contributed by atoms with E-state index in [1.54, 1.807) is 10.9 Å². The van der Waals surface area contributed by atoms with Gasteiger partial charge in [0, 0.05) is 16.8 Å². The number of para-hydroxylation sites is 1. The number of carbonyl (C=O) groups is 1. The number of halogens is 1. The number of hydrogen-bond acceptors (Lipinski definition) is 5. The maximum absolute atomic E-state index is 12.4. The number of nitrogens with one attached hydrogen (secondary N) is 2. The highest BCUT2D eigenvalue weighted by Gasteiger charge is 2.42. The third-order valence-electron chi connectivity index (χ3n) is 4.78. The smallest absolute Gasteiger partial charge is 0.337 e. The fourth-order valence-electron chi connectivity index (χ4n) is 3.59. The Morgan fingerprint density at radius 1 is 1.31 bits per heavy atom. The maximum atomic E-state index is 12.4. The number of fused-ring (bicyclic) bond motifs is 1. The molecule has 0 aliphatic carbocycles. The third kappa shape index (κ3) is 2.04. The summed E-state index contributed by atoms with van der Waals surface area (Å²) < 4.78 is 6.90. The van der Waals surface area contributed by atoms with Crippen molar-refractivity contribution in [2.75, 3.05) is 11.9 Å². The molecule has 0 radical (unpaired) electrons. The fraction of sp³-hybridized carbons (Fsp3) is 0.167. The monoisotopic (exact) mass is 367 g/mol. The van der Waals surface area contributed by atoms with E-state index in [1.165, 1.54) is 0 Å². The summed E-state index contributed by atoms with van der Waals surface area (Å²) >= 11 is 6.69. The number of aromatic amines is 1. The Balaban J connectivity index is 1.71. The summed E-state index contributed by atoms with van der Waals surface area (Å²) in [5, 5.41) is 15.4. The molecule has 3 aromatic rings. The van der Waals surface area contributed by atoms with Crippen molar-refractivity contribution < 1.29 is 9.53 Å². The molecule has 2 N–H and O–H groups in total. The average molecular weight is 368 g/mol. The zero-order valence-electron chi connectivity index (χ0n) is 13.8. The first-order valence-corrected chi connectivity index (χ1v) is 8.54. The van der Waals surface area contributed by atoms with Crippen molar-refractivity contribution in [3.05, 3.63) is 69.8 Å². The van der Waals surface area contributed by atoms with Crippen LogP contribution in [0.1, 0.15) is 22.7 Å². The molecule has 0 amide bonds. The summed E-state index contributed by atoms with van der Waals surface area (Å²) in [4.78, 5) is 12.4. The Morgan fingerprint density at radius 3 is 2.92 bits per heavy atom. The molecule has 130 valence electrons. The molecule has 26 heavy (non-hydrogen) atoms. The van der Waals surface area contributed by atoms with Crippen molar-refractivity contribution in [2.45, 2.75) is 12.8 Å². The molecule has 1 unspecified atom stereocenters. The van der Waals surface area contributed by atoms with Gasteiger partial charge in [-0.25, -0.2) is 9.48 Å². The van der Waals surface area contributed by atoms with Crippen molar-refractivity contribution in [3.8, 4) is 5.69 Å². The predicted molar refractivity (Wildman–Crippen MR) is 95.3 cm³/mol. The molecule has 2 aromatic heterocycles. The topological polar surface area (TPSA) is 84.8 Å². The highest BCUT2D eigenvalue weighted by molar-refractivity contribution is 6.30. The molecule has 0 bridgehead atoms. The number of carbonyl (C=O) groups excluding carboxylic acids is 1. The third-order valence-corrected chi connectivity index (χ3v) is 5.16. The largest absolute Gasteiger partial charge is 0.456 e. The van der Waals surface area contributed by atoms with Gasteiger partial charge in [-0.2, -0.15) is 10.2 Å². The second kappa shape index (κ2) is 5.47. The van der Waals surface area contributed by atoms with Gasteiger partial charge < -0.3 is 10.1 Å². The number of benzene rings is 1. The zero-order chi connectivity index (χ0) is 17.8. The number of aryl methyl sites for hydroxylation is 1. The van der Waals surface area contributed by atoms with Crippen LogP contribution in [0.2, 0.25) is 5.15 Å². The van der Waals surface area contributed by atoms with E-state index in [2.05, 4.69) is 20.6 Å². The summed E-state index contributed by atoms with van der Waals surface area (Å²) in [5.41, 5.74) is 4.64. The lowest BCUT2D eigenvalue weighted by Crippen LogP contribution is -2.19. The molecular formula is C18H14ClN5O2. The summed E-state index contributed by atoms with van der Waals surface area (Å²) in [6.45, 7) is 2.13. The average Bonchev–Trinajstić information content (AvgIpc) is 3.33. The van der Waals surface area contributed by atoms with Gasteiger partial charge in [0.05, 0.1) is 29.1 Å². The van der Waals surface area contributed by atoms with Crippen LogP contribution < -0.4 is 5.32 Å². The van der Waals surface area contributed by atoms with E-state index in [1.807, 2.05) is 37.3 Å². The zero-order valence-corrected chi connectivity index (χ0v) is 14.5. The van der Waals surface area contributed by atoms with Crippen molar-refractivity contribution in [1.29, 1.82) is 0 Å². The van der Waals surface area contributed by atoms with E-state index >= 15 is 0 Å². The highest BCUT2D eigenvalue weighted by Crippen LogP contribution is 2.46. The number of hydrogen-bond donors (Lipinski definition) is 2. The number of cyclic esters (lactones) is 1. The number of ether oxygens (including phenoxy) is 1. The number of H-pyrrole nitrogens is 1. The number of aromatic nitrogens is 4. The van der Waals surface area contributed by atoms with Crippen LogP contribution >= 0.6 is 11.6 Å². The van der Waals surface area contributed by atoms with E-state index in [9.17, 15) is 4.79 Å². The first-order chi connectivity index (χ1) is 12.6. The number of rotatable bonds is 2. The van der Waals surface area contributed by atoms with Crippen LogP contribution in [0.5, 0.6) is 0 Å². The van der Waals surface area contributed by atoms with Gasteiger partial charge in [-0.3, -0.25) is 5.10 Å². The molecule has 0 saturated carbocycles. The molecule has 2 aliphatic rings. The van der Waals surface area contributed by atoms with E-state index in [0.717, 1.165) is 28.2 Å². The van der Waals surface area contributed by atoms with Crippen molar-refractivity contribution >= 4 is 23.4 Å². The summed E-state index contributed by atoms with van der Waals surface area (Å²) in [6.07, 6.45) is 1.71. The molecule has 7 nitrogen and oxygen atoms in total. The molecular weight excluding hydrogens is 354 g/mol. The Bertz CT molecular complexity index is 1070. The van der Waals surface area contributed by atoms with Gasteiger partial charge in [0.1, 0.15) is 11.8 Å². The van der Waals surface area contributed by atoms with Gasteiger partial charge in [0.25, 0.3) is 0 Å². The van der Waals surface area contributed by atoms with E-state index in [-0.39, 0.29) is 18.5 Å². The number of anilines is 1. The Kier molecular flexibility index (Phi) is 3.20. The SMILES string of the molecule is Cc1[nH]nc2c1C(c1cnn(-c3ccccc3)c1Cl)C1=C(COC1=O)N2. The standard InChI is InChI=1S/C18H14ClN5O2/c1-9-13-14(15-12(8-26-18(15)25)21-17(13)23-22-9)11-7-20-24(16(11)19)10-5-3-2-4-6-10/h2-7,14H,8H2,1H3,(H2,21,22,23). The lowest BCUT2D eigenvalue weighted by atomic mass is 9.83. The van der Waals surface area contributed by atoms with Crippen LogP contribution in [-0.2, 0) is 9.53 Å². The molecule has 0 saturated heterocycles. The number of esters is 1. The highest BCUT2D eigenvalue weighted by atomic mass is 35.5. The minimum absolute atomic E-state index is 0.209. The number of nitrogens with zero attached hydrogens (tertiary/aromatic N) is 3. The summed E-state index contributed by atoms with van der Waals surface area (Å²) in [6, 6.07) is 9.62. The first-order valence-electron chi connectivity index (χ1n) is 8.16. The normalized spacial score (nSPS) is 18.4.